The van der Waals surface area contributed by atoms with Gasteiger partial charge in [-0.2, -0.15) is 0 Å². The zero-order valence-corrected chi connectivity index (χ0v) is 12.1. The third-order valence-corrected chi connectivity index (χ3v) is 6.04. The van der Waals surface area contributed by atoms with Gasteiger partial charge in [0.05, 0.1) is 5.56 Å². The fourth-order valence-electron chi connectivity index (χ4n) is 3.50. The summed E-state index contributed by atoms with van der Waals surface area (Å²) in [5, 5.41) is 8.77. The quantitative estimate of drug-likeness (QED) is 0.890. The van der Waals surface area contributed by atoms with Gasteiger partial charge in [0.2, 0.25) is 10.0 Å². The number of sulfonamides is 1. The van der Waals surface area contributed by atoms with Gasteiger partial charge in [0.15, 0.2) is 0 Å². The maximum absolute atomic E-state index is 13.9. The molecule has 0 saturated heterocycles. The first-order chi connectivity index (χ1) is 9.87. The van der Waals surface area contributed by atoms with Crippen molar-refractivity contribution < 1.29 is 22.7 Å². The van der Waals surface area contributed by atoms with Gasteiger partial charge in [-0.15, -0.1) is 0 Å². The van der Waals surface area contributed by atoms with Crippen molar-refractivity contribution in [1.82, 2.24) is 4.72 Å². The molecule has 2 aliphatic rings. The molecule has 2 saturated carbocycles. The third kappa shape index (κ3) is 2.67. The molecular formula is C14H16FNO4S. The maximum atomic E-state index is 13.9. The average molecular weight is 313 g/mol. The van der Waals surface area contributed by atoms with Crippen molar-refractivity contribution in [2.75, 3.05) is 0 Å². The molecule has 3 rings (SSSR count). The summed E-state index contributed by atoms with van der Waals surface area (Å²) in [6, 6.07) is 2.71. The van der Waals surface area contributed by atoms with Gasteiger partial charge in [-0.05, 0) is 49.3 Å². The van der Waals surface area contributed by atoms with Gasteiger partial charge in [0.1, 0.15) is 10.7 Å². The highest BCUT2D eigenvalue weighted by Crippen LogP contribution is 2.44. The lowest BCUT2D eigenvalue weighted by molar-refractivity contribution is 0.0696. The van der Waals surface area contributed by atoms with Crippen LogP contribution >= 0.6 is 0 Å². The highest BCUT2D eigenvalue weighted by atomic mass is 32.2. The SMILES string of the molecule is O=C(O)c1ccc(S(=O)(=O)NC2CC3CCC2C3)c(F)c1. The van der Waals surface area contributed by atoms with Crippen LogP contribution in [0.2, 0.25) is 0 Å². The highest BCUT2D eigenvalue weighted by Gasteiger charge is 2.41. The zero-order valence-electron chi connectivity index (χ0n) is 11.3. The fourth-order valence-corrected chi connectivity index (χ4v) is 4.88. The summed E-state index contributed by atoms with van der Waals surface area (Å²) in [6.45, 7) is 0. The number of hydrogen-bond acceptors (Lipinski definition) is 3. The van der Waals surface area contributed by atoms with Crippen molar-refractivity contribution in [3.8, 4) is 0 Å². The minimum atomic E-state index is -3.96. The topological polar surface area (TPSA) is 83.5 Å². The predicted molar refractivity (Wildman–Crippen MR) is 72.9 cm³/mol. The maximum Gasteiger partial charge on any atom is 0.335 e. The van der Waals surface area contributed by atoms with E-state index in [1.807, 2.05) is 0 Å². The monoisotopic (exact) mass is 313 g/mol. The number of carbonyl (C=O) groups is 1. The van der Waals surface area contributed by atoms with Crippen molar-refractivity contribution in [3.63, 3.8) is 0 Å². The molecule has 0 amide bonds. The summed E-state index contributed by atoms with van der Waals surface area (Å²) < 4.78 is 41.0. The molecule has 0 heterocycles. The molecule has 0 spiro atoms. The molecule has 114 valence electrons. The Morgan fingerprint density at radius 1 is 1.29 bits per heavy atom. The summed E-state index contributed by atoms with van der Waals surface area (Å²) in [5.74, 6) is -1.42. The van der Waals surface area contributed by atoms with Crippen LogP contribution in [0.15, 0.2) is 23.1 Å². The Morgan fingerprint density at radius 3 is 2.57 bits per heavy atom. The first-order valence-corrected chi connectivity index (χ1v) is 8.40. The second kappa shape index (κ2) is 5.06. The van der Waals surface area contributed by atoms with Gasteiger partial charge >= 0.3 is 5.97 Å². The number of nitrogens with one attached hydrogen (secondary N) is 1. The van der Waals surface area contributed by atoms with Crippen molar-refractivity contribution in [2.24, 2.45) is 11.8 Å². The molecule has 2 aliphatic carbocycles. The first kappa shape index (κ1) is 14.5. The van der Waals surface area contributed by atoms with Gasteiger partial charge in [0, 0.05) is 6.04 Å². The Kier molecular flexibility index (Phi) is 3.49. The van der Waals surface area contributed by atoms with E-state index < -0.39 is 26.7 Å². The van der Waals surface area contributed by atoms with Crippen LogP contribution in [0, 0.1) is 17.7 Å². The Labute approximate surface area is 122 Å². The van der Waals surface area contributed by atoms with Crippen LogP contribution in [-0.4, -0.2) is 25.5 Å². The molecule has 0 radical (unpaired) electrons. The summed E-state index contributed by atoms with van der Waals surface area (Å²) in [5.41, 5.74) is -0.272. The van der Waals surface area contributed by atoms with E-state index in [1.165, 1.54) is 0 Å². The number of fused-ring (bicyclic) bond motifs is 2. The number of benzene rings is 1. The number of carboxylic acids is 1. The summed E-state index contributed by atoms with van der Waals surface area (Å²) in [6.07, 6.45) is 4.00. The Morgan fingerprint density at radius 2 is 2.05 bits per heavy atom. The first-order valence-electron chi connectivity index (χ1n) is 6.92. The van der Waals surface area contributed by atoms with E-state index in [0.29, 0.717) is 11.8 Å². The number of hydrogen-bond donors (Lipinski definition) is 2. The summed E-state index contributed by atoms with van der Waals surface area (Å²) >= 11 is 0. The number of aromatic carboxylic acids is 1. The van der Waals surface area contributed by atoms with Gasteiger partial charge in [-0.3, -0.25) is 0 Å². The number of carboxylic acid groups (broad SMARTS) is 1. The van der Waals surface area contributed by atoms with Crippen molar-refractivity contribution in [1.29, 1.82) is 0 Å². The van der Waals surface area contributed by atoms with Crippen LogP contribution in [0.25, 0.3) is 0 Å². The number of rotatable bonds is 4. The van der Waals surface area contributed by atoms with Crippen LogP contribution in [0.1, 0.15) is 36.0 Å². The molecule has 3 atom stereocenters. The van der Waals surface area contributed by atoms with E-state index in [2.05, 4.69) is 4.72 Å². The Balaban J connectivity index is 1.83. The van der Waals surface area contributed by atoms with Crippen LogP contribution in [0.5, 0.6) is 0 Å². The number of halogens is 1. The Bertz CT molecular complexity index is 688. The van der Waals surface area contributed by atoms with Gasteiger partial charge < -0.3 is 5.11 Å². The normalized spacial score (nSPS) is 28.0. The smallest absolute Gasteiger partial charge is 0.335 e. The van der Waals surface area contributed by atoms with E-state index in [0.717, 1.165) is 43.9 Å². The lowest BCUT2D eigenvalue weighted by atomic mass is 9.96. The van der Waals surface area contributed by atoms with Gasteiger partial charge in [0.25, 0.3) is 0 Å². The summed E-state index contributed by atoms with van der Waals surface area (Å²) in [7, 11) is -3.96. The van der Waals surface area contributed by atoms with Crippen LogP contribution in [0.4, 0.5) is 4.39 Å². The molecule has 2 fully saturated rings. The molecule has 3 unspecified atom stereocenters. The van der Waals surface area contributed by atoms with E-state index in [4.69, 9.17) is 5.11 Å². The van der Waals surface area contributed by atoms with E-state index in [-0.39, 0.29) is 11.6 Å². The van der Waals surface area contributed by atoms with Crippen LogP contribution < -0.4 is 4.72 Å². The minimum Gasteiger partial charge on any atom is -0.478 e. The molecule has 2 bridgehead atoms. The van der Waals surface area contributed by atoms with Crippen molar-refractivity contribution >= 4 is 16.0 Å². The minimum absolute atomic E-state index is 0.132. The van der Waals surface area contributed by atoms with Gasteiger partial charge in [-0.1, -0.05) is 6.42 Å². The molecule has 2 N–H and O–H groups in total. The van der Waals surface area contributed by atoms with Crippen LogP contribution in [-0.2, 0) is 10.0 Å². The largest absolute Gasteiger partial charge is 0.478 e. The van der Waals surface area contributed by atoms with E-state index in [9.17, 15) is 17.6 Å². The van der Waals surface area contributed by atoms with Crippen molar-refractivity contribution in [3.05, 3.63) is 29.6 Å². The second-order valence-electron chi connectivity index (χ2n) is 5.85. The molecule has 21 heavy (non-hydrogen) atoms. The third-order valence-electron chi connectivity index (χ3n) is 4.51. The standard InChI is InChI=1S/C14H16FNO4S/c15-11-7-10(14(17)18)3-4-13(11)21(19,20)16-12-6-8-1-2-9(12)5-8/h3-4,7-9,12,16H,1-2,5-6H2,(H,17,18). The lowest BCUT2D eigenvalue weighted by Gasteiger charge is -2.22. The molecule has 1 aromatic carbocycles. The molecule has 0 aliphatic heterocycles. The summed E-state index contributed by atoms with van der Waals surface area (Å²) in [4.78, 5) is 10.3. The fraction of sp³-hybridized carbons (Fsp3) is 0.500. The molecule has 0 aromatic heterocycles. The molecule has 1 aromatic rings. The Hall–Kier alpha value is -1.47. The average Bonchev–Trinajstić information content (AvgIpc) is 2.99. The van der Waals surface area contributed by atoms with Gasteiger partial charge in [-0.25, -0.2) is 22.3 Å². The van der Waals surface area contributed by atoms with E-state index in [1.54, 1.807) is 0 Å². The predicted octanol–water partition coefficient (Wildman–Crippen LogP) is 1.99. The van der Waals surface area contributed by atoms with Crippen molar-refractivity contribution in [2.45, 2.75) is 36.6 Å². The molecule has 7 heteroatoms. The lowest BCUT2D eigenvalue weighted by Crippen LogP contribution is -2.38. The zero-order chi connectivity index (χ0) is 15.2. The molecule has 5 nitrogen and oxygen atoms in total. The van der Waals surface area contributed by atoms with E-state index >= 15 is 0 Å². The second-order valence-corrected chi connectivity index (χ2v) is 7.54. The van der Waals surface area contributed by atoms with Crippen LogP contribution in [0.3, 0.4) is 0 Å². The highest BCUT2D eigenvalue weighted by molar-refractivity contribution is 7.89. The molecular weight excluding hydrogens is 297 g/mol.